The Kier molecular flexibility index (Phi) is 5.87. The number of ether oxygens (including phenoxy) is 1. The van der Waals surface area contributed by atoms with E-state index in [2.05, 4.69) is 4.90 Å². The zero-order chi connectivity index (χ0) is 15.3. The van der Waals surface area contributed by atoms with Crippen molar-refractivity contribution in [3.05, 3.63) is 24.3 Å². The van der Waals surface area contributed by atoms with Crippen LogP contribution in [0.4, 0.5) is 0 Å². The number of sulfonamides is 1. The smallest absolute Gasteiger partial charge is 0.243 e. The molecule has 1 aliphatic heterocycles. The SMILES string of the molecule is CN1CCN(S(=O)(=O)c2ccc(OCCCCl)cc2)CC1. The van der Waals surface area contributed by atoms with Gasteiger partial charge < -0.3 is 9.64 Å². The molecule has 1 aromatic carbocycles. The predicted molar refractivity (Wildman–Crippen MR) is 83.5 cm³/mol. The number of hydrogen-bond acceptors (Lipinski definition) is 4. The fraction of sp³-hybridized carbons (Fsp3) is 0.571. The van der Waals surface area contributed by atoms with Gasteiger partial charge in [-0.3, -0.25) is 0 Å². The van der Waals surface area contributed by atoms with Crippen molar-refractivity contribution in [3.63, 3.8) is 0 Å². The van der Waals surface area contributed by atoms with E-state index in [1.165, 1.54) is 4.31 Å². The number of hydrogen-bond donors (Lipinski definition) is 0. The molecule has 1 aromatic rings. The van der Waals surface area contributed by atoms with Gasteiger partial charge in [0.05, 0.1) is 11.5 Å². The second-order valence-corrected chi connectivity index (χ2v) is 7.39. The van der Waals surface area contributed by atoms with Gasteiger partial charge in [-0.1, -0.05) is 0 Å². The van der Waals surface area contributed by atoms with Crippen molar-refractivity contribution in [1.82, 2.24) is 9.21 Å². The first-order valence-electron chi connectivity index (χ1n) is 7.01. The molecule has 0 amide bonds. The lowest BCUT2D eigenvalue weighted by Gasteiger charge is -2.31. The lowest BCUT2D eigenvalue weighted by atomic mass is 10.3. The van der Waals surface area contributed by atoms with E-state index in [9.17, 15) is 8.42 Å². The molecule has 0 saturated carbocycles. The van der Waals surface area contributed by atoms with Crippen LogP contribution in [0.2, 0.25) is 0 Å². The van der Waals surface area contributed by atoms with Gasteiger partial charge in [-0.25, -0.2) is 8.42 Å². The highest BCUT2D eigenvalue weighted by Gasteiger charge is 2.27. The number of alkyl halides is 1. The number of halogens is 1. The number of piperazine rings is 1. The minimum Gasteiger partial charge on any atom is -0.494 e. The van der Waals surface area contributed by atoms with Crippen molar-refractivity contribution in [2.24, 2.45) is 0 Å². The van der Waals surface area contributed by atoms with Crippen LogP contribution in [0.5, 0.6) is 5.75 Å². The van der Waals surface area contributed by atoms with Crippen molar-refractivity contribution in [2.75, 3.05) is 45.7 Å². The van der Waals surface area contributed by atoms with Crippen LogP contribution >= 0.6 is 11.6 Å². The maximum absolute atomic E-state index is 12.5. The van der Waals surface area contributed by atoms with Crippen LogP contribution in [0.15, 0.2) is 29.2 Å². The Morgan fingerprint density at radius 1 is 1.14 bits per heavy atom. The van der Waals surface area contributed by atoms with Crippen LogP contribution in [0, 0.1) is 0 Å². The fourth-order valence-corrected chi connectivity index (χ4v) is 3.66. The predicted octanol–water partition coefficient (Wildman–Crippen LogP) is 1.63. The highest BCUT2D eigenvalue weighted by atomic mass is 35.5. The topological polar surface area (TPSA) is 49.9 Å². The van der Waals surface area contributed by atoms with Gasteiger partial charge in [0.15, 0.2) is 0 Å². The third kappa shape index (κ3) is 4.32. The van der Waals surface area contributed by atoms with E-state index in [4.69, 9.17) is 16.3 Å². The quantitative estimate of drug-likeness (QED) is 0.587. The molecule has 0 radical (unpaired) electrons. The largest absolute Gasteiger partial charge is 0.494 e. The molecule has 2 rings (SSSR count). The third-order valence-corrected chi connectivity index (χ3v) is 5.65. The highest BCUT2D eigenvalue weighted by molar-refractivity contribution is 7.89. The van der Waals surface area contributed by atoms with Crippen molar-refractivity contribution in [2.45, 2.75) is 11.3 Å². The molecule has 5 nitrogen and oxygen atoms in total. The minimum absolute atomic E-state index is 0.316. The van der Waals surface area contributed by atoms with Gasteiger partial charge in [-0.05, 0) is 37.7 Å². The standard InChI is InChI=1S/C14H21ClN2O3S/c1-16-8-10-17(11-9-16)21(18,19)14-5-3-13(4-6-14)20-12-2-7-15/h3-6H,2,7-12H2,1H3. The second-order valence-electron chi connectivity index (χ2n) is 5.07. The molecule has 1 heterocycles. The fourth-order valence-electron chi connectivity index (χ4n) is 2.13. The van der Waals surface area contributed by atoms with Crippen molar-refractivity contribution >= 4 is 21.6 Å². The minimum atomic E-state index is -3.40. The first-order chi connectivity index (χ1) is 10.0. The second kappa shape index (κ2) is 7.45. The van der Waals surface area contributed by atoms with Gasteiger partial charge >= 0.3 is 0 Å². The number of nitrogens with zero attached hydrogens (tertiary/aromatic N) is 2. The summed E-state index contributed by atoms with van der Waals surface area (Å²) in [5, 5.41) is 0. The summed E-state index contributed by atoms with van der Waals surface area (Å²) >= 11 is 5.58. The van der Waals surface area contributed by atoms with Gasteiger partial charge in [0.1, 0.15) is 5.75 Å². The molecule has 21 heavy (non-hydrogen) atoms. The monoisotopic (exact) mass is 332 g/mol. The van der Waals surface area contributed by atoms with Crippen molar-refractivity contribution < 1.29 is 13.2 Å². The Morgan fingerprint density at radius 2 is 1.76 bits per heavy atom. The number of benzene rings is 1. The molecule has 1 fully saturated rings. The van der Waals surface area contributed by atoms with Gasteiger partial charge in [0.2, 0.25) is 10.0 Å². The maximum Gasteiger partial charge on any atom is 0.243 e. The van der Waals surface area contributed by atoms with Gasteiger partial charge in [-0.2, -0.15) is 4.31 Å². The molecule has 0 unspecified atom stereocenters. The van der Waals surface area contributed by atoms with Gasteiger partial charge in [0.25, 0.3) is 0 Å². The average Bonchev–Trinajstić information content (AvgIpc) is 2.48. The van der Waals surface area contributed by atoms with E-state index in [-0.39, 0.29) is 0 Å². The molecule has 0 aromatic heterocycles. The molecule has 0 bridgehead atoms. The zero-order valence-corrected chi connectivity index (χ0v) is 13.7. The van der Waals surface area contributed by atoms with Crippen LogP contribution in [-0.2, 0) is 10.0 Å². The molecule has 0 atom stereocenters. The van der Waals surface area contributed by atoms with E-state index >= 15 is 0 Å². The van der Waals surface area contributed by atoms with Crippen LogP contribution in [-0.4, -0.2) is 63.3 Å². The van der Waals surface area contributed by atoms with Crippen LogP contribution in [0.25, 0.3) is 0 Å². The summed E-state index contributed by atoms with van der Waals surface area (Å²) in [5.41, 5.74) is 0. The third-order valence-electron chi connectivity index (χ3n) is 3.47. The summed E-state index contributed by atoms with van der Waals surface area (Å²) < 4.78 is 32.0. The summed E-state index contributed by atoms with van der Waals surface area (Å²) in [4.78, 5) is 2.44. The number of rotatable bonds is 6. The Morgan fingerprint density at radius 3 is 2.33 bits per heavy atom. The normalized spacial score (nSPS) is 17.8. The molecule has 0 aliphatic carbocycles. The summed E-state index contributed by atoms with van der Waals surface area (Å²) in [6.45, 7) is 3.13. The first kappa shape index (κ1) is 16.5. The van der Waals surface area contributed by atoms with E-state index in [0.29, 0.717) is 36.2 Å². The van der Waals surface area contributed by atoms with Crippen LogP contribution < -0.4 is 4.74 Å². The lowest BCUT2D eigenvalue weighted by Crippen LogP contribution is -2.46. The van der Waals surface area contributed by atoms with E-state index in [1.54, 1.807) is 24.3 Å². The van der Waals surface area contributed by atoms with E-state index in [1.807, 2.05) is 7.05 Å². The summed E-state index contributed by atoms with van der Waals surface area (Å²) in [5.74, 6) is 1.22. The van der Waals surface area contributed by atoms with Crippen molar-refractivity contribution in [3.8, 4) is 5.75 Å². The Labute approximate surface area is 131 Å². The summed E-state index contributed by atoms with van der Waals surface area (Å²) in [6.07, 6.45) is 0.767. The highest BCUT2D eigenvalue weighted by Crippen LogP contribution is 2.20. The first-order valence-corrected chi connectivity index (χ1v) is 8.99. The average molecular weight is 333 g/mol. The van der Waals surface area contributed by atoms with E-state index in [0.717, 1.165) is 19.5 Å². The molecule has 0 spiro atoms. The summed E-state index contributed by atoms with van der Waals surface area (Å²) in [7, 11) is -1.40. The lowest BCUT2D eigenvalue weighted by molar-refractivity contribution is 0.222. The Balaban J connectivity index is 2.03. The molecule has 1 aliphatic rings. The van der Waals surface area contributed by atoms with E-state index < -0.39 is 10.0 Å². The molecular formula is C14H21ClN2O3S. The zero-order valence-electron chi connectivity index (χ0n) is 12.2. The molecular weight excluding hydrogens is 312 g/mol. The molecule has 1 saturated heterocycles. The van der Waals surface area contributed by atoms with Crippen LogP contribution in [0.3, 0.4) is 0 Å². The Hall–Kier alpha value is -0.820. The van der Waals surface area contributed by atoms with Gasteiger partial charge in [0, 0.05) is 32.1 Å². The van der Waals surface area contributed by atoms with Gasteiger partial charge in [-0.15, -0.1) is 11.6 Å². The molecule has 7 heteroatoms. The molecule has 0 N–H and O–H groups in total. The molecule has 118 valence electrons. The maximum atomic E-state index is 12.5. The van der Waals surface area contributed by atoms with Crippen LogP contribution in [0.1, 0.15) is 6.42 Å². The Bertz CT molecular complexity index is 540. The summed E-state index contributed by atoms with van der Waals surface area (Å²) in [6, 6.07) is 6.59. The van der Waals surface area contributed by atoms with Crippen molar-refractivity contribution in [1.29, 1.82) is 0 Å². The number of likely N-dealkylation sites (N-methyl/N-ethyl adjacent to an activating group) is 1.